The molecule has 0 spiro atoms. The third-order valence-electron chi connectivity index (χ3n) is 4.86. The summed E-state index contributed by atoms with van der Waals surface area (Å²) in [5.74, 6) is -0.0908. The number of Topliss-reactive ketones (excluding diaryl/α,β-unsaturated/α-hetero) is 1. The Morgan fingerprint density at radius 2 is 1.91 bits per heavy atom. The third-order valence-corrected chi connectivity index (χ3v) is 5.45. The van der Waals surface area contributed by atoms with Gasteiger partial charge >= 0.3 is 6.01 Å². The molecule has 1 aromatic heterocycles. The summed E-state index contributed by atoms with van der Waals surface area (Å²) >= 11 is 12.2. The number of hydrogen-bond acceptors (Lipinski definition) is 7. The monoisotopic (exact) mass is 502 g/mol. The van der Waals surface area contributed by atoms with E-state index in [0.717, 1.165) is 5.56 Å². The molecular weight excluding hydrogens is 479 g/mol. The summed E-state index contributed by atoms with van der Waals surface area (Å²) in [4.78, 5) is 32.7. The van der Waals surface area contributed by atoms with Crippen molar-refractivity contribution in [1.82, 2.24) is 15.3 Å². The van der Waals surface area contributed by atoms with Crippen molar-refractivity contribution in [3.8, 4) is 17.3 Å². The minimum atomic E-state index is -0.396. The van der Waals surface area contributed by atoms with Gasteiger partial charge in [0.05, 0.1) is 26.0 Å². The average molecular weight is 503 g/mol. The lowest BCUT2D eigenvalue weighted by molar-refractivity contribution is -0.118. The van der Waals surface area contributed by atoms with E-state index >= 15 is 0 Å². The van der Waals surface area contributed by atoms with E-state index in [4.69, 9.17) is 33.0 Å². The molecule has 0 aliphatic rings. The maximum Gasteiger partial charge on any atom is 0.318 e. The number of aromatic nitrogens is 2. The molecular formula is C24H24Cl2N4O4. The lowest BCUT2D eigenvalue weighted by Crippen LogP contribution is -2.29. The molecule has 2 aromatic carbocycles. The van der Waals surface area contributed by atoms with Gasteiger partial charge < -0.3 is 20.5 Å². The number of aliphatic hydroxyl groups is 1. The van der Waals surface area contributed by atoms with Gasteiger partial charge in [-0.15, -0.1) is 0 Å². The van der Waals surface area contributed by atoms with Gasteiger partial charge in [-0.2, -0.15) is 9.97 Å². The largest absolute Gasteiger partial charge is 0.467 e. The van der Waals surface area contributed by atoms with Crippen molar-refractivity contribution in [2.75, 3.05) is 32.1 Å². The summed E-state index contributed by atoms with van der Waals surface area (Å²) in [6, 6.07) is 14.2. The van der Waals surface area contributed by atoms with Crippen LogP contribution in [0.25, 0.3) is 11.3 Å². The van der Waals surface area contributed by atoms with E-state index in [1.54, 1.807) is 36.4 Å². The van der Waals surface area contributed by atoms with Crippen molar-refractivity contribution < 1.29 is 19.4 Å². The molecule has 0 radical (unpaired) electrons. The maximum absolute atomic E-state index is 12.4. The molecule has 8 nitrogen and oxygen atoms in total. The van der Waals surface area contributed by atoms with Crippen molar-refractivity contribution >= 4 is 40.7 Å². The van der Waals surface area contributed by atoms with Crippen molar-refractivity contribution in [2.24, 2.45) is 0 Å². The molecule has 10 heteroatoms. The molecule has 34 heavy (non-hydrogen) atoms. The fourth-order valence-corrected chi connectivity index (χ4v) is 3.62. The molecule has 0 fully saturated rings. The van der Waals surface area contributed by atoms with Gasteiger partial charge in [0, 0.05) is 40.2 Å². The normalized spacial score (nSPS) is 10.6. The van der Waals surface area contributed by atoms with Gasteiger partial charge in [0.15, 0.2) is 5.78 Å². The van der Waals surface area contributed by atoms with Gasteiger partial charge in [-0.25, -0.2) is 0 Å². The molecule has 3 aromatic rings. The number of nitrogens with zero attached hydrogens (tertiary/aromatic N) is 2. The Labute approximate surface area is 207 Å². The predicted molar refractivity (Wildman–Crippen MR) is 132 cm³/mol. The zero-order valence-electron chi connectivity index (χ0n) is 18.5. The number of anilines is 1. The summed E-state index contributed by atoms with van der Waals surface area (Å²) in [6.07, 6.45) is 0.656. The number of methoxy groups -OCH3 is 1. The van der Waals surface area contributed by atoms with E-state index in [9.17, 15) is 9.59 Å². The highest BCUT2D eigenvalue weighted by Crippen LogP contribution is 2.24. The fraction of sp³-hybridized carbons (Fsp3) is 0.250. The number of amides is 1. The first-order valence-electron chi connectivity index (χ1n) is 10.5. The van der Waals surface area contributed by atoms with Crippen LogP contribution in [-0.4, -0.2) is 53.6 Å². The fourth-order valence-electron chi connectivity index (χ4n) is 3.12. The Hall–Kier alpha value is -3.20. The van der Waals surface area contributed by atoms with Crippen LogP contribution in [0.1, 0.15) is 22.3 Å². The molecule has 1 heterocycles. The first kappa shape index (κ1) is 25.4. The number of carbonyl (C=O) groups is 2. The smallest absolute Gasteiger partial charge is 0.318 e. The van der Waals surface area contributed by atoms with Crippen molar-refractivity contribution in [3.63, 3.8) is 0 Å². The number of benzene rings is 2. The van der Waals surface area contributed by atoms with Gasteiger partial charge in [0.1, 0.15) is 5.82 Å². The highest BCUT2D eigenvalue weighted by Gasteiger charge is 2.12. The van der Waals surface area contributed by atoms with Crippen molar-refractivity contribution in [3.05, 3.63) is 69.7 Å². The molecule has 0 saturated carbocycles. The zero-order valence-corrected chi connectivity index (χ0v) is 20.0. The molecule has 0 aliphatic carbocycles. The number of carbonyl (C=O) groups excluding carboxylic acids is 2. The van der Waals surface area contributed by atoms with Gasteiger partial charge in [-0.1, -0.05) is 41.4 Å². The molecule has 1 amide bonds. The van der Waals surface area contributed by atoms with Crippen LogP contribution in [-0.2, 0) is 11.2 Å². The Kier molecular flexibility index (Phi) is 9.21. The van der Waals surface area contributed by atoms with E-state index in [-0.39, 0.29) is 31.4 Å². The molecule has 0 unspecified atom stereocenters. The quantitative estimate of drug-likeness (QED) is 0.365. The van der Waals surface area contributed by atoms with Crippen LogP contribution in [0.2, 0.25) is 10.0 Å². The second-order valence-electron chi connectivity index (χ2n) is 7.31. The summed E-state index contributed by atoms with van der Waals surface area (Å²) in [7, 11) is 1.48. The zero-order chi connectivity index (χ0) is 24.5. The Morgan fingerprint density at radius 3 is 2.65 bits per heavy atom. The molecule has 178 valence electrons. The number of hydrogen-bond donors (Lipinski definition) is 3. The molecule has 0 saturated heterocycles. The third kappa shape index (κ3) is 7.15. The second-order valence-corrected chi connectivity index (χ2v) is 8.16. The molecule has 0 aliphatic heterocycles. The summed E-state index contributed by atoms with van der Waals surface area (Å²) in [5.41, 5.74) is 2.57. The minimum absolute atomic E-state index is 0.00104. The van der Waals surface area contributed by atoms with Gasteiger partial charge in [0.2, 0.25) is 0 Å². The van der Waals surface area contributed by atoms with E-state index < -0.39 is 5.91 Å². The van der Waals surface area contributed by atoms with E-state index in [0.29, 0.717) is 45.6 Å². The first-order valence-corrected chi connectivity index (χ1v) is 11.3. The highest BCUT2D eigenvalue weighted by atomic mass is 35.5. The van der Waals surface area contributed by atoms with Crippen LogP contribution in [0.3, 0.4) is 0 Å². The Bertz CT molecular complexity index is 1170. The predicted octanol–water partition coefficient (Wildman–Crippen LogP) is 3.79. The summed E-state index contributed by atoms with van der Waals surface area (Å²) < 4.78 is 5.24. The average Bonchev–Trinajstić information content (AvgIpc) is 2.84. The number of rotatable bonds is 11. The van der Waals surface area contributed by atoms with Crippen LogP contribution in [0.15, 0.2) is 48.5 Å². The van der Waals surface area contributed by atoms with E-state index in [1.807, 2.05) is 12.1 Å². The minimum Gasteiger partial charge on any atom is -0.467 e. The van der Waals surface area contributed by atoms with Crippen molar-refractivity contribution in [2.45, 2.75) is 12.8 Å². The number of ether oxygens (including phenoxy) is 1. The van der Waals surface area contributed by atoms with Gasteiger partial charge in [-0.3, -0.25) is 9.59 Å². The first-order chi connectivity index (χ1) is 16.4. The second kappa shape index (κ2) is 12.3. The van der Waals surface area contributed by atoms with E-state index in [1.165, 1.54) is 7.11 Å². The van der Waals surface area contributed by atoms with Crippen LogP contribution in [0.4, 0.5) is 5.82 Å². The van der Waals surface area contributed by atoms with Crippen molar-refractivity contribution in [1.29, 1.82) is 0 Å². The lowest BCUT2D eigenvalue weighted by Gasteiger charge is -2.11. The van der Waals surface area contributed by atoms with Crippen LogP contribution >= 0.6 is 23.2 Å². The topological polar surface area (TPSA) is 113 Å². The summed E-state index contributed by atoms with van der Waals surface area (Å²) in [6.45, 7) is 0.171. The number of aliphatic hydroxyl groups excluding tert-OH is 1. The Balaban J connectivity index is 1.73. The van der Waals surface area contributed by atoms with Crippen LogP contribution in [0.5, 0.6) is 6.01 Å². The molecule has 0 bridgehead atoms. The lowest BCUT2D eigenvalue weighted by atomic mass is 10.1. The molecule has 3 N–H and O–H groups in total. The number of nitrogens with one attached hydrogen (secondary N) is 2. The Morgan fingerprint density at radius 1 is 1.09 bits per heavy atom. The van der Waals surface area contributed by atoms with E-state index in [2.05, 4.69) is 20.6 Å². The highest BCUT2D eigenvalue weighted by molar-refractivity contribution is 6.35. The summed E-state index contributed by atoms with van der Waals surface area (Å²) in [5, 5.41) is 15.8. The maximum atomic E-state index is 12.4. The standard InChI is InChI=1S/C24H24Cl2N4O4/c1-34-24-29-21(13-22(30-24)27-9-7-15-5-6-18(25)12-20(15)26)16-3-2-4-17(11-16)23(33)28-14-19(32)8-10-31/h2-6,11-13,31H,7-10,14H2,1H3,(H,28,33)(H,27,29,30). The number of ketones is 1. The molecule has 3 rings (SSSR count). The van der Waals surface area contributed by atoms with Crippen LogP contribution in [0, 0.1) is 0 Å². The molecule has 0 atom stereocenters. The van der Waals surface area contributed by atoms with Gasteiger partial charge in [-0.05, 0) is 36.2 Å². The SMILES string of the molecule is COc1nc(NCCc2ccc(Cl)cc2Cl)cc(-c2cccc(C(=O)NCC(=O)CCO)c2)n1. The number of halogens is 2. The van der Waals surface area contributed by atoms with Gasteiger partial charge in [0.25, 0.3) is 5.91 Å². The van der Waals surface area contributed by atoms with Crippen LogP contribution < -0.4 is 15.4 Å².